The minimum atomic E-state index is 0.663. The fraction of sp³-hybridized carbons (Fsp3) is 0.0377. The standard InChI is InChI=1S/C53H34N4OS/c1-3-13-35(14-4-1)51-54-52(36-15-5-2-6-16-36)56-53(55-51)40-19-11-24-48-49(40)41-31-33(28-30-47(41)59-48)25-26-34-27-29-39-46(32-34)58-45-23-12-22-44(50(39)45)57-42-20-9-7-17-37(42)38-18-8-10-21-43(38)57/h1-24,27-32H,25-26H2. The monoisotopic (exact) mass is 774 g/mol. The molecule has 278 valence electrons. The van der Waals surface area contributed by atoms with Crippen molar-refractivity contribution in [3.05, 3.63) is 193 Å². The van der Waals surface area contributed by atoms with Gasteiger partial charge in [0.1, 0.15) is 11.2 Å². The SMILES string of the molecule is c1ccc(-c2nc(-c3ccccc3)nc(-c3cccc4sc5ccc(CCc6ccc7c(c6)oc6cccc(-n8c9ccccc9c9ccccc98)c67)cc5c34)n2)cc1. The highest BCUT2D eigenvalue weighted by molar-refractivity contribution is 7.25. The lowest BCUT2D eigenvalue weighted by molar-refractivity contribution is 0.668. The van der Waals surface area contributed by atoms with Crippen molar-refractivity contribution in [2.45, 2.75) is 12.8 Å². The number of thiophene rings is 1. The average Bonchev–Trinajstić information content (AvgIpc) is 3.98. The van der Waals surface area contributed by atoms with Gasteiger partial charge in [0, 0.05) is 53.0 Å². The van der Waals surface area contributed by atoms with Crippen molar-refractivity contribution >= 4 is 75.3 Å². The zero-order chi connectivity index (χ0) is 38.9. The van der Waals surface area contributed by atoms with Crippen molar-refractivity contribution in [1.82, 2.24) is 19.5 Å². The van der Waals surface area contributed by atoms with Crippen LogP contribution in [0.1, 0.15) is 11.1 Å². The first-order chi connectivity index (χ1) is 29.2. The van der Waals surface area contributed by atoms with Gasteiger partial charge in [-0.1, -0.05) is 133 Å². The molecule has 0 radical (unpaired) electrons. The fourth-order valence-electron chi connectivity index (χ4n) is 8.81. The van der Waals surface area contributed by atoms with Gasteiger partial charge in [-0.2, -0.15) is 0 Å². The van der Waals surface area contributed by atoms with Crippen molar-refractivity contribution in [3.63, 3.8) is 0 Å². The lowest BCUT2D eigenvalue weighted by Gasteiger charge is -2.10. The predicted octanol–water partition coefficient (Wildman–Crippen LogP) is 14.0. The molecule has 0 bridgehead atoms. The maximum Gasteiger partial charge on any atom is 0.164 e. The quantitative estimate of drug-likeness (QED) is 0.162. The second-order valence-corrected chi connectivity index (χ2v) is 16.2. The number of fused-ring (bicyclic) bond motifs is 9. The van der Waals surface area contributed by atoms with Crippen molar-refractivity contribution < 1.29 is 4.42 Å². The third-order valence-corrected chi connectivity index (χ3v) is 12.7. The van der Waals surface area contributed by atoms with Crippen molar-refractivity contribution in [2.75, 3.05) is 0 Å². The van der Waals surface area contributed by atoms with Crippen LogP contribution in [0.2, 0.25) is 0 Å². The largest absolute Gasteiger partial charge is 0.456 e. The summed E-state index contributed by atoms with van der Waals surface area (Å²) in [5, 5.41) is 7.17. The summed E-state index contributed by atoms with van der Waals surface area (Å²) in [5.41, 5.74) is 10.8. The number of hydrogen-bond donors (Lipinski definition) is 0. The Hall–Kier alpha value is -7.41. The minimum absolute atomic E-state index is 0.663. The van der Waals surface area contributed by atoms with Gasteiger partial charge < -0.3 is 8.98 Å². The van der Waals surface area contributed by atoms with E-state index in [4.69, 9.17) is 19.4 Å². The van der Waals surface area contributed by atoms with Gasteiger partial charge in [-0.3, -0.25) is 0 Å². The smallest absolute Gasteiger partial charge is 0.164 e. The number of aryl methyl sites for hydroxylation is 2. The molecule has 12 rings (SSSR count). The highest BCUT2D eigenvalue weighted by atomic mass is 32.1. The van der Waals surface area contributed by atoms with Crippen LogP contribution in [0.25, 0.3) is 104 Å². The molecule has 0 aliphatic carbocycles. The van der Waals surface area contributed by atoms with Crippen LogP contribution in [0.15, 0.2) is 186 Å². The van der Waals surface area contributed by atoms with Crippen LogP contribution >= 0.6 is 11.3 Å². The summed E-state index contributed by atoms with van der Waals surface area (Å²) >= 11 is 1.81. The molecule has 6 heteroatoms. The number of aromatic nitrogens is 4. The molecule has 59 heavy (non-hydrogen) atoms. The van der Waals surface area contributed by atoms with Crippen molar-refractivity contribution in [3.8, 4) is 39.9 Å². The number of benzene rings is 8. The molecule has 0 atom stereocenters. The summed E-state index contributed by atoms with van der Waals surface area (Å²) in [5.74, 6) is 2.00. The number of para-hydroxylation sites is 2. The van der Waals surface area contributed by atoms with E-state index >= 15 is 0 Å². The molecular weight excluding hydrogens is 741 g/mol. The van der Waals surface area contributed by atoms with Crippen molar-refractivity contribution in [2.24, 2.45) is 0 Å². The van der Waals surface area contributed by atoms with Crippen LogP contribution in [0.4, 0.5) is 0 Å². The highest BCUT2D eigenvalue weighted by Crippen LogP contribution is 2.41. The summed E-state index contributed by atoms with van der Waals surface area (Å²) in [6, 6.07) is 64.2. The van der Waals surface area contributed by atoms with Gasteiger partial charge in [-0.05, 0) is 72.5 Å². The second-order valence-electron chi connectivity index (χ2n) is 15.1. The molecule has 4 aromatic heterocycles. The first kappa shape index (κ1) is 33.7. The Bertz CT molecular complexity index is 3450. The Morgan fingerprint density at radius 3 is 1.75 bits per heavy atom. The molecule has 12 aromatic rings. The lowest BCUT2D eigenvalue weighted by Crippen LogP contribution is -2.00. The summed E-state index contributed by atoms with van der Waals surface area (Å²) in [6.45, 7) is 0. The van der Waals surface area contributed by atoms with Gasteiger partial charge in [0.15, 0.2) is 17.5 Å². The molecule has 4 heterocycles. The van der Waals surface area contributed by atoms with Crippen LogP contribution in [0, 0.1) is 0 Å². The van der Waals surface area contributed by atoms with Gasteiger partial charge in [0.2, 0.25) is 0 Å². The van der Waals surface area contributed by atoms with E-state index in [1.807, 2.05) is 47.7 Å². The molecule has 0 aliphatic heterocycles. The Morgan fingerprint density at radius 2 is 1.03 bits per heavy atom. The fourth-order valence-corrected chi connectivity index (χ4v) is 9.92. The van der Waals surface area contributed by atoms with E-state index in [0.29, 0.717) is 17.5 Å². The first-order valence-corrected chi connectivity index (χ1v) is 20.8. The molecule has 0 N–H and O–H groups in total. The van der Waals surface area contributed by atoms with Crippen LogP contribution < -0.4 is 0 Å². The molecule has 0 aliphatic rings. The van der Waals surface area contributed by atoms with Crippen LogP contribution in [-0.2, 0) is 12.8 Å². The van der Waals surface area contributed by atoms with E-state index < -0.39 is 0 Å². The molecule has 0 saturated heterocycles. The molecule has 0 spiro atoms. The zero-order valence-corrected chi connectivity index (χ0v) is 32.7. The Morgan fingerprint density at radius 1 is 0.424 bits per heavy atom. The third-order valence-electron chi connectivity index (χ3n) is 11.6. The number of furan rings is 1. The molecule has 0 amide bonds. The third kappa shape index (κ3) is 5.64. The summed E-state index contributed by atoms with van der Waals surface area (Å²) < 4.78 is 11.5. The minimum Gasteiger partial charge on any atom is -0.456 e. The van der Waals surface area contributed by atoms with E-state index in [9.17, 15) is 0 Å². The maximum absolute atomic E-state index is 6.60. The first-order valence-electron chi connectivity index (χ1n) is 20.0. The maximum atomic E-state index is 6.60. The second kappa shape index (κ2) is 13.6. The Balaban J connectivity index is 0.908. The topological polar surface area (TPSA) is 56.7 Å². The van der Waals surface area contributed by atoms with E-state index in [2.05, 4.69) is 150 Å². The van der Waals surface area contributed by atoms with Crippen LogP contribution in [0.5, 0.6) is 0 Å². The lowest BCUT2D eigenvalue weighted by atomic mass is 9.99. The predicted molar refractivity (Wildman–Crippen MR) is 244 cm³/mol. The van der Waals surface area contributed by atoms with Crippen molar-refractivity contribution in [1.29, 1.82) is 0 Å². The van der Waals surface area contributed by atoms with E-state index in [1.165, 1.54) is 53.1 Å². The summed E-state index contributed by atoms with van der Waals surface area (Å²) in [4.78, 5) is 15.1. The van der Waals surface area contributed by atoms with E-state index in [1.54, 1.807) is 0 Å². The van der Waals surface area contributed by atoms with Crippen LogP contribution in [0.3, 0.4) is 0 Å². The Kier molecular flexibility index (Phi) is 7.78. The molecule has 0 saturated carbocycles. The molecule has 0 fully saturated rings. The molecule has 5 nitrogen and oxygen atoms in total. The molecular formula is C53H34N4OS. The van der Waals surface area contributed by atoms with Gasteiger partial charge in [0.05, 0.1) is 22.1 Å². The molecule has 8 aromatic carbocycles. The van der Waals surface area contributed by atoms with Gasteiger partial charge in [0.25, 0.3) is 0 Å². The number of rotatable bonds is 7. The van der Waals surface area contributed by atoms with Gasteiger partial charge >= 0.3 is 0 Å². The van der Waals surface area contributed by atoms with E-state index in [-0.39, 0.29) is 0 Å². The summed E-state index contributed by atoms with van der Waals surface area (Å²) in [7, 11) is 0. The van der Waals surface area contributed by atoms with Crippen LogP contribution in [-0.4, -0.2) is 19.5 Å². The normalized spacial score (nSPS) is 11.9. The number of nitrogens with zero attached hydrogens (tertiary/aromatic N) is 4. The zero-order valence-electron chi connectivity index (χ0n) is 31.8. The highest BCUT2D eigenvalue weighted by Gasteiger charge is 2.19. The summed E-state index contributed by atoms with van der Waals surface area (Å²) in [6.07, 6.45) is 1.79. The molecule has 0 unspecified atom stereocenters. The Labute approximate surface area is 343 Å². The number of hydrogen-bond acceptors (Lipinski definition) is 5. The van der Waals surface area contributed by atoms with Gasteiger partial charge in [-0.15, -0.1) is 11.3 Å². The van der Waals surface area contributed by atoms with E-state index in [0.717, 1.165) is 57.2 Å². The van der Waals surface area contributed by atoms with Gasteiger partial charge in [-0.25, -0.2) is 15.0 Å². The average molecular weight is 775 g/mol.